The molecule has 0 saturated carbocycles. The first-order valence-corrected chi connectivity index (χ1v) is 6.46. The molecule has 0 aliphatic rings. The number of aliphatic hydroxyl groups excluding tert-OH is 1. The van der Waals surface area contributed by atoms with E-state index in [4.69, 9.17) is 4.74 Å². The van der Waals surface area contributed by atoms with Crippen LogP contribution >= 0.6 is 0 Å². The van der Waals surface area contributed by atoms with Crippen LogP contribution in [-0.2, 0) is 4.74 Å². The monoisotopic (exact) mass is 216 g/mol. The lowest BCUT2D eigenvalue weighted by atomic mass is 10.0. The van der Waals surface area contributed by atoms with Gasteiger partial charge in [0, 0.05) is 6.61 Å². The second-order valence-electron chi connectivity index (χ2n) is 4.71. The third kappa shape index (κ3) is 11.8. The lowest BCUT2D eigenvalue weighted by Gasteiger charge is -2.10. The number of hydrogen-bond acceptors (Lipinski definition) is 2. The highest BCUT2D eigenvalue weighted by Gasteiger charge is 2.01. The van der Waals surface area contributed by atoms with Crippen LogP contribution in [0.15, 0.2) is 0 Å². The minimum atomic E-state index is -0.536. The van der Waals surface area contributed by atoms with Crippen molar-refractivity contribution >= 4 is 0 Å². The second kappa shape index (κ2) is 10.4. The second-order valence-corrected chi connectivity index (χ2v) is 4.71. The summed E-state index contributed by atoms with van der Waals surface area (Å²) in [5.74, 6) is 0.827. The van der Waals surface area contributed by atoms with Crippen LogP contribution in [0.4, 0.5) is 0 Å². The lowest BCUT2D eigenvalue weighted by Crippen LogP contribution is -2.12. The molecule has 0 amide bonds. The molecule has 2 heteroatoms. The van der Waals surface area contributed by atoms with Crippen molar-refractivity contribution < 1.29 is 9.84 Å². The zero-order chi connectivity index (χ0) is 11.5. The molecule has 1 unspecified atom stereocenters. The van der Waals surface area contributed by atoms with E-state index in [2.05, 4.69) is 20.8 Å². The summed E-state index contributed by atoms with van der Waals surface area (Å²) in [6, 6.07) is 0. The van der Waals surface area contributed by atoms with Crippen LogP contribution in [0, 0.1) is 5.92 Å². The molecule has 0 bridgehead atoms. The molecule has 1 atom stereocenters. The van der Waals surface area contributed by atoms with Crippen LogP contribution in [-0.4, -0.2) is 18.0 Å². The van der Waals surface area contributed by atoms with Gasteiger partial charge in [-0.15, -0.1) is 0 Å². The Morgan fingerprint density at radius 1 is 1.00 bits per heavy atom. The van der Waals surface area contributed by atoms with Gasteiger partial charge in [0.2, 0.25) is 0 Å². The van der Waals surface area contributed by atoms with Gasteiger partial charge in [-0.25, -0.2) is 0 Å². The average Bonchev–Trinajstić information content (AvgIpc) is 2.16. The minimum Gasteiger partial charge on any atom is -0.368 e. The molecule has 0 aromatic heterocycles. The number of ether oxygens (including phenoxy) is 1. The first-order chi connectivity index (χ1) is 7.16. The Morgan fingerprint density at radius 2 is 1.67 bits per heavy atom. The van der Waals surface area contributed by atoms with Crippen molar-refractivity contribution in [2.24, 2.45) is 5.92 Å². The summed E-state index contributed by atoms with van der Waals surface area (Å²) in [5, 5.41) is 9.30. The van der Waals surface area contributed by atoms with Crippen LogP contribution < -0.4 is 0 Å². The predicted octanol–water partition coefficient (Wildman–Crippen LogP) is 3.73. The SMILES string of the molecule is CCCC(O)OCCCCCCC(C)C. The number of rotatable bonds is 10. The Hall–Kier alpha value is -0.0800. The molecule has 0 spiro atoms. The molecule has 0 rings (SSSR count). The Kier molecular flexibility index (Phi) is 10.4. The third-order valence-electron chi connectivity index (χ3n) is 2.52. The highest BCUT2D eigenvalue weighted by Crippen LogP contribution is 2.09. The largest absolute Gasteiger partial charge is 0.368 e. The summed E-state index contributed by atoms with van der Waals surface area (Å²) in [5.41, 5.74) is 0. The standard InChI is InChI=1S/C13H28O2/c1-4-9-13(14)15-11-8-6-5-7-10-12(2)3/h12-14H,4-11H2,1-3H3. The molecular formula is C13H28O2. The molecule has 92 valence electrons. The number of hydrogen-bond donors (Lipinski definition) is 1. The molecule has 2 nitrogen and oxygen atoms in total. The van der Waals surface area contributed by atoms with Crippen molar-refractivity contribution in [3.8, 4) is 0 Å². The summed E-state index contributed by atoms with van der Waals surface area (Å²) in [7, 11) is 0. The predicted molar refractivity (Wildman–Crippen MR) is 64.8 cm³/mol. The van der Waals surface area contributed by atoms with Crippen molar-refractivity contribution in [2.75, 3.05) is 6.61 Å². The molecule has 0 heterocycles. The fraction of sp³-hybridized carbons (Fsp3) is 1.00. The minimum absolute atomic E-state index is 0.536. The maximum atomic E-state index is 9.30. The molecule has 0 aliphatic carbocycles. The van der Waals surface area contributed by atoms with Crippen molar-refractivity contribution in [3.63, 3.8) is 0 Å². The molecule has 15 heavy (non-hydrogen) atoms. The van der Waals surface area contributed by atoms with Gasteiger partial charge in [0.25, 0.3) is 0 Å². The molecule has 0 aliphatic heterocycles. The Morgan fingerprint density at radius 3 is 2.27 bits per heavy atom. The molecule has 0 saturated heterocycles. The van der Waals surface area contributed by atoms with Crippen LogP contribution in [0.2, 0.25) is 0 Å². The summed E-state index contributed by atoms with van der Waals surface area (Å²) in [6.45, 7) is 7.30. The van der Waals surface area contributed by atoms with Crippen molar-refractivity contribution in [2.45, 2.75) is 72.0 Å². The van der Waals surface area contributed by atoms with Crippen LogP contribution in [0.3, 0.4) is 0 Å². The normalized spacial score (nSPS) is 13.4. The Balaban J connectivity index is 3.04. The van der Waals surface area contributed by atoms with E-state index in [1.165, 1.54) is 25.7 Å². The molecule has 0 aromatic carbocycles. The van der Waals surface area contributed by atoms with E-state index >= 15 is 0 Å². The van der Waals surface area contributed by atoms with Crippen LogP contribution in [0.1, 0.15) is 65.7 Å². The first kappa shape index (κ1) is 14.9. The van der Waals surface area contributed by atoms with E-state index in [0.717, 1.165) is 25.2 Å². The van der Waals surface area contributed by atoms with E-state index < -0.39 is 6.29 Å². The number of aliphatic hydroxyl groups is 1. The van der Waals surface area contributed by atoms with E-state index in [0.29, 0.717) is 6.61 Å². The maximum absolute atomic E-state index is 9.30. The van der Waals surface area contributed by atoms with Crippen LogP contribution in [0.5, 0.6) is 0 Å². The van der Waals surface area contributed by atoms with Gasteiger partial charge in [0.15, 0.2) is 6.29 Å². The Bertz CT molecular complexity index is 124. The summed E-state index contributed by atoms with van der Waals surface area (Å²) in [4.78, 5) is 0. The van der Waals surface area contributed by atoms with Crippen molar-refractivity contribution in [1.82, 2.24) is 0 Å². The van der Waals surface area contributed by atoms with Crippen molar-refractivity contribution in [3.05, 3.63) is 0 Å². The smallest absolute Gasteiger partial charge is 0.154 e. The van der Waals surface area contributed by atoms with Gasteiger partial charge in [-0.3, -0.25) is 0 Å². The highest BCUT2D eigenvalue weighted by atomic mass is 16.6. The Labute approximate surface area is 95.0 Å². The molecule has 0 aromatic rings. The third-order valence-corrected chi connectivity index (χ3v) is 2.52. The fourth-order valence-electron chi connectivity index (χ4n) is 1.56. The van der Waals surface area contributed by atoms with Gasteiger partial charge in [0.05, 0.1) is 0 Å². The lowest BCUT2D eigenvalue weighted by molar-refractivity contribution is -0.104. The summed E-state index contributed by atoms with van der Waals surface area (Å²) in [6.07, 6.45) is 7.47. The highest BCUT2D eigenvalue weighted by molar-refractivity contribution is 4.48. The summed E-state index contributed by atoms with van der Waals surface area (Å²) >= 11 is 0. The topological polar surface area (TPSA) is 29.5 Å². The maximum Gasteiger partial charge on any atom is 0.154 e. The average molecular weight is 216 g/mol. The number of unbranched alkanes of at least 4 members (excludes halogenated alkanes) is 3. The van der Waals surface area contributed by atoms with Gasteiger partial charge >= 0.3 is 0 Å². The fourth-order valence-corrected chi connectivity index (χ4v) is 1.56. The summed E-state index contributed by atoms with van der Waals surface area (Å²) < 4.78 is 5.27. The van der Waals surface area contributed by atoms with Gasteiger partial charge in [-0.2, -0.15) is 0 Å². The quantitative estimate of drug-likeness (QED) is 0.445. The zero-order valence-corrected chi connectivity index (χ0v) is 10.7. The molecular weight excluding hydrogens is 188 g/mol. The molecule has 0 fully saturated rings. The van der Waals surface area contributed by atoms with Gasteiger partial charge in [-0.1, -0.05) is 52.9 Å². The van der Waals surface area contributed by atoms with Crippen molar-refractivity contribution in [1.29, 1.82) is 0 Å². The first-order valence-electron chi connectivity index (χ1n) is 6.46. The molecule has 1 N–H and O–H groups in total. The van der Waals surface area contributed by atoms with E-state index in [-0.39, 0.29) is 0 Å². The van der Waals surface area contributed by atoms with E-state index in [1.54, 1.807) is 0 Å². The van der Waals surface area contributed by atoms with Gasteiger partial charge in [-0.05, 0) is 18.8 Å². The van der Waals surface area contributed by atoms with E-state index in [1.807, 2.05) is 0 Å². The van der Waals surface area contributed by atoms with Gasteiger partial charge < -0.3 is 9.84 Å². The molecule has 0 radical (unpaired) electrons. The van der Waals surface area contributed by atoms with Crippen LogP contribution in [0.25, 0.3) is 0 Å². The van der Waals surface area contributed by atoms with Gasteiger partial charge in [0.1, 0.15) is 0 Å². The zero-order valence-electron chi connectivity index (χ0n) is 10.7. The van der Waals surface area contributed by atoms with E-state index in [9.17, 15) is 5.11 Å².